The van der Waals surface area contributed by atoms with Gasteiger partial charge in [0.25, 0.3) is 0 Å². The van der Waals surface area contributed by atoms with Crippen molar-refractivity contribution in [2.24, 2.45) is 17.8 Å². The molecule has 1 fully saturated rings. The molecule has 0 heterocycles. The van der Waals surface area contributed by atoms with Crippen LogP contribution in [0.15, 0.2) is 0 Å². The van der Waals surface area contributed by atoms with Gasteiger partial charge in [-0.05, 0) is 18.3 Å². The van der Waals surface area contributed by atoms with Crippen molar-refractivity contribution >= 4 is 0 Å². The van der Waals surface area contributed by atoms with Gasteiger partial charge in [0, 0.05) is 5.92 Å². The molecule has 1 aliphatic rings. The van der Waals surface area contributed by atoms with Gasteiger partial charge in [-0.3, -0.25) is 0 Å². The van der Waals surface area contributed by atoms with E-state index in [4.69, 9.17) is 5.11 Å². The molecule has 1 saturated carbocycles. The lowest BCUT2D eigenvalue weighted by atomic mass is 9.91. The van der Waals surface area contributed by atoms with E-state index in [1.807, 2.05) is 13.8 Å². The Kier molecular flexibility index (Phi) is 3.89. The topological polar surface area (TPSA) is 80.9 Å². The van der Waals surface area contributed by atoms with Crippen molar-refractivity contribution in [3.05, 3.63) is 0 Å². The molecule has 0 bridgehead atoms. The van der Waals surface area contributed by atoms with Crippen molar-refractivity contribution in [2.45, 2.75) is 38.6 Å². The van der Waals surface area contributed by atoms with Gasteiger partial charge >= 0.3 is 0 Å². The van der Waals surface area contributed by atoms with Crippen LogP contribution in [-0.4, -0.2) is 45.3 Å². The minimum atomic E-state index is -0.927. The second kappa shape index (κ2) is 4.57. The fraction of sp³-hybridized carbons (Fsp3) is 1.00. The Morgan fingerprint density at radius 1 is 1.14 bits per heavy atom. The third kappa shape index (κ3) is 2.08. The summed E-state index contributed by atoms with van der Waals surface area (Å²) >= 11 is 0. The van der Waals surface area contributed by atoms with Crippen molar-refractivity contribution in [3.63, 3.8) is 0 Å². The zero-order chi connectivity index (χ0) is 10.9. The van der Waals surface area contributed by atoms with Crippen LogP contribution in [0.25, 0.3) is 0 Å². The molecule has 14 heavy (non-hydrogen) atoms. The summed E-state index contributed by atoms with van der Waals surface area (Å²) in [5.74, 6) is -0.117. The highest BCUT2D eigenvalue weighted by atomic mass is 16.3. The summed E-state index contributed by atoms with van der Waals surface area (Å²) < 4.78 is 0. The van der Waals surface area contributed by atoms with E-state index in [-0.39, 0.29) is 18.4 Å². The van der Waals surface area contributed by atoms with Crippen molar-refractivity contribution in [1.82, 2.24) is 0 Å². The minimum Gasteiger partial charge on any atom is -0.394 e. The summed E-state index contributed by atoms with van der Waals surface area (Å²) in [7, 11) is 0. The normalized spacial score (nSPS) is 40.5. The maximum absolute atomic E-state index is 9.70. The predicted octanol–water partition coefficient (Wildman–Crippen LogP) is -0.647. The molecule has 0 aromatic heterocycles. The van der Waals surface area contributed by atoms with Gasteiger partial charge in [0.05, 0.1) is 24.9 Å². The second-order valence-corrected chi connectivity index (χ2v) is 4.54. The van der Waals surface area contributed by atoms with Gasteiger partial charge in [-0.1, -0.05) is 13.8 Å². The average molecular weight is 204 g/mol. The first-order valence-electron chi connectivity index (χ1n) is 5.14. The number of aliphatic hydroxyl groups is 4. The summed E-state index contributed by atoms with van der Waals surface area (Å²) in [5, 5.41) is 37.6. The number of hydrogen-bond acceptors (Lipinski definition) is 4. The first-order valence-corrected chi connectivity index (χ1v) is 5.14. The Labute approximate surface area is 84.2 Å². The molecule has 1 unspecified atom stereocenters. The number of hydrogen-bond donors (Lipinski definition) is 4. The predicted molar refractivity (Wildman–Crippen MR) is 51.5 cm³/mol. The maximum atomic E-state index is 9.70. The molecular weight excluding hydrogens is 184 g/mol. The van der Waals surface area contributed by atoms with E-state index in [1.165, 1.54) is 0 Å². The smallest absolute Gasteiger partial charge is 0.0855 e. The molecular formula is C10H20O4. The molecule has 1 aliphatic carbocycles. The molecule has 4 heteroatoms. The average Bonchev–Trinajstić information content (AvgIpc) is 2.43. The van der Waals surface area contributed by atoms with E-state index >= 15 is 0 Å². The van der Waals surface area contributed by atoms with Gasteiger partial charge in [-0.2, -0.15) is 0 Å². The van der Waals surface area contributed by atoms with Gasteiger partial charge in [0.1, 0.15) is 0 Å². The van der Waals surface area contributed by atoms with Crippen LogP contribution in [0.1, 0.15) is 20.3 Å². The van der Waals surface area contributed by atoms with E-state index in [0.717, 1.165) is 0 Å². The number of aliphatic hydroxyl groups excluding tert-OH is 4. The molecule has 0 aliphatic heterocycles. The van der Waals surface area contributed by atoms with Gasteiger partial charge < -0.3 is 20.4 Å². The van der Waals surface area contributed by atoms with E-state index < -0.39 is 24.2 Å². The van der Waals surface area contributed by atoms with Crippen molar-refractivity contribution in [1.29, 1.82) is 0 Å². The summed E-state index contributed by atoms with van der Waals surface area (Å²) in [6, 6.07) is 0. The van der Waals surface area contributed by atoms with Crippen LogP contribution in [0, 0.1) is 17.8 Å². The minimum absolute atomic E-state index is 0.0104. The van der Waals surface area contributed by atoms with Crippen LogP contribution in [0.5, 0.6) is 0 Å². The monoisotopic (exact) mass is 204 g/mol. The zero-order valence-corrected chi connectivity index (χ0v) is 8.67. The Morgan fingerprint density at radius 2 is 1.64 bits per heavy atom. The highest BCUT2D eigenvalue weighted by Crippen LogP contribution is 2.37. The first-order chi connectivity index (χ1) is 6.49. The van der Waals surface area contributed by atoms with E-state index in [2.05, 4.69) is 0 Å². The zero-order valence-electron chi connectivity index (χ0n) is 8.67. The quantitative estimate of drug-likeness (QED) is 0.492. The molecule has 5 atom stereocenters. The van der Waals surface area contributed by atoms with Gasteiger partial charge in [0.2, 0.25) is 0 Å². The van der Waals surface area contributed by atoms with E-state index in [1.54, 1.807) is 0 Å². The lowest BCUT2D eigenvalue weighted by Crippen LogP contribution is -2.35. The highest BCUT2D eigenvalue weighted by molar-refractivity contribution is 4.94. The van der Waals surface area contributed by atoms with Crippen LogP contribution < -0.4 is 0 Å². The van der Waals surface area contributed by atoms with E-state index in [9.17, 15) is 15.3 Å². The fourth-order valence-corrected chi connectivity index (χ4v) is 2.29. The highest BCUT2D eigenvalue weighted by Gasteiger charge is 2.45. The van der Waals surface area contributed by atoms with Crippen LogP contribution >= 0.6 is 0 Å². The molecule has 0 amide bonds. The van der Waals surface area contributed by atoms with E-state index in [0.29, 0.717) is 6.42 Å². The largest absolute Gasteiger partial charge is 0.394 e. The Morgan fingerprint density at radius 3 is 2.00 bits per heavy atom. The third-order valence-electron chi connectivity index (χ3n) is 3.31. The summed E-state index contributed by atoms with van der Waals surface area (Å²) in [4.78, 5) is 0. The van der Waals surface area contributed by atoms with Crippen molar-refractivity contribution in [2.75, 3.05) is 6.61 Å². The van der Waals surface area contributed by atoms with Crippen LogP contribution in [0.2, 0.25) is 0 Å². The third-order valence-corrected chi connectivity index (χ3v) is 3.31. The molecule has 0 radical (unpaired) electrons. The summed E-state index contributed by atoms with van der Waals surface area (Å²) in [5.41, 5.74) is 0. The van der Waals surface area contributed by atoms with Crippen molar-refractivity contribution in [3.8, 4) is 0 Å². The fourth-order valence-electron chi connectivity index (χ4n) is 2.29. The van der Waals surface area contributed by atoms with Crippen LogP contribution in [0.4, 0.5) is 0 Å². The number of rotatable bonds is 3. The lowest BCUT2D eigenvalue weighted by molar-refractivity contribution is -0.0424. The molecule has 84 valence electrons. The lowest BCUT2D eigenvalue weighted by Gasteiger charge is -2.20. The molecule has 0 aromatic rings. The Balaban J connectivity index is 2.66. The molecule has 1 rings (SSSR count). The van der Waals surface area contributed by atoms with Gasteiger partial charge in [-0.15, -0.1) is 0 Å². The Hall–Kier alpha value is -0.160. The molecule has 0 aromatic carbocycles. The standard InChI is InChI=1S/C10H20O4/c1-5(2)6-3-7(8(12)4-11)10(14)9(6)13/h5-14H,3-4H2,1-2H3/t6-,7+,8?,9-,10+/m0/s1. The second-order valence-electron chi connectivity index (χ2n) is 4.54. The van der Waals surface area contributed by atoms with Crippen LogP contribution in [-0.2, 0) is 0 Å². The van der Waals surface area contributed by atoms with Gasteiger partial charge in [0.15, 0.2) is 0 Å². The maximum Gasteiger partial charge on any atom is 0.0855 e. The molecule has 4 nitrogen and oxygen atoms in total. The molecule has 0 spiro atoms. The summed E-state index contributed by atoms with van der Waals surface area (Å²) in [6.07, 6.45) is -2.05. The first kappa shape index (κ1) is 11.9. The van der Waals surface area contributed by atoms with Gasteiger partial charge in [-0.25, -0.2) is 0 Å². The SMILES string of the molecule is CC(C)[C@@H]1C[C@H](C(O)CO)[C@@H](O)[C@H]1O. The summed E-state index contributed by atoms with van der Waals surface area (Å²) in [6.45, 7) is 3.60. The van der Waals surface area contributed by atoms with Crippen LogP contribution in [0.3, 0.4) is 0 Å². The molecule has 4 N–H and O–H groups in total. The Bertz CT molecular complexity index is 183. The van der Waals surface area contributed by atoms with Crippen molar-refractivity contribution < 1.29 is 20.4 Å². The molecule has 0 saturated heterocycles.